The molecule has 2 atom stereocenters. The van der Waals surface area contributed by atoms with Crippen molar-refractivity contribution in [3.05, 3.63) is 60.8 Å². The van der Waals surface area contributed by atoms with E-state index in [1.54, 1.807) is 28.2 Å². The molecule has 1 fully saturated rings. The number of amides is 1. The minimum atomic E-state index is -0.316. The molecule has 3 aromatic heterocycles. The van der Waals surface area contributed by atoms with Gasteiger partial charge in [-0.3, -0.25) is 4.90 Å². The summed E-state index contributed by atoms with van der Waals surface area (Å²) in [7, 11) is 0. The second kappa shape index (κ2) is 6.44. The summed E-state index contributed by atoms with van der Waals surface area (Å²) in [5, 5.41) is 18.9. The number of fused-ring (bicyclic) bond motifs is 3. The number of aromatic nitrogens is 8. The van der Waals surface area contributed by atoms with Crippen LogP contribution in [-0.4, -0.2) is 58.4 Å². The smallest absolute Gasteiger partial charge is 0.415 e. The van der Waals surface area contributed by atoms with Crippen molar-refractivity contribution in [3.63, 3.8) is 0 Å². The highest BCUT2D eigenvalue weighted by atomic mass is 16.6. The predicted molar refractivity (Wildman–Crippen MR) is 103 cm³/mol. The largest absolute Gasteiger partial charge is 0.442 e. The van der Waals surface area contributed by atoms with E-state index in [2.05, 4.69) is 36.9 Å². The third-order valence-corrected chi connectivity index (χ3v) is 5.48. The maximum absolute atomic E-state index is 12.5. The molecule has 1 unspecified atom stereocenters. The van der Waals surface area contributed by atoms with Crippen LogP contribution >= 0.6 is 0 Å². The second-order valence-corrected chi connectivity index (χ2v) is 7.19. The van der Waals surface area contributed by atoms with Gasteiger partial charge >= 0.3 is 6.09 Å². The van der Waals surface area contributed by atoms with Crippen LogP contribution < -0.4 is 4.90 Å². The molecule has 1 aromatic carbocycles. The van der Waals surface area contributed by atoms with Gasteiger partial charge in [0.2, 0.25) is 0 Å². The normalized spacial score (nSPS) is 19.6. The lowest BCUT2D eigenvalue weighted by Gasteiger charge is -2.16. The van der Waals surface area contributed by atoms with Gasteiger partial charge in [0.1, 0.15) is 12.4 Å². The minimum absolute atomic E-state index is 0.0488. The average Bonchev–Trinajstić information content (AvgIpc) is 3.56. The van der Waals surface area contributed by atoms with Crippen LogP contribution in [-0.2, 0) is 17.7 Å². The van der Waals surface area contributed by atoms with Gasteiger partial charge in [-0.25, -0.2) is 14.5 Å². The Balaban J connectivity index is 1.27. The number of pyridine rings is 1. The Labute approximate surface area is 169 Å². The Morgan fingerprint density at radius 2 is 2.03 bits per heavy atom. The number of ether oxygens (including phenoxy) is 1. The summed E-state index contributed by atoms with van der Waals surface area (Å²) in [5.74, 6) is 0.643. The van der Waals surface area contributed by atoms with Crippen LogP contribution in [0.1, 0.15) is 5.56 Å². The number of hydrogen-bond donors (Lipinski definition) is 0. The number of carbonyl (C=O) groups excluding carboxylic acids is 1. The molecule has 11 heteroatoms. The highest BCUT2D eigenvalue weighted by Gasteiger charge is 2.47. The molecule has 148 valence electrons. The Bertz CT molecular complexity index is 1210. The zero-order valence-electron chi connectivity index (χ0n) is 15.6. The molecule has 1 saturated heterocycles. The molecule has 5 heterocycles. The molecule has 2 aliphatic heterocycles. The summed E-state index contributed by atoms with van der Waals surface area (Å²) in [6, 6.07) is 9.87. The second-order valence-electron chi connectivity index (χ2n) is 7.19. The van der Waals surface area contributed by atoms with Crippen LogP contribution in [0, 0.1) is 0 Å². The summed E-state index contributed by atoms with van der Waals surface area (Å²) >= 11 is 0. The molecule has 4 aromatic rings. The molecule has 11 nitrogen and oxygen atoms in total. The molecular weight excluding hydrogens is 386 g/mol. The molecule has 30 heavy (non-hydrogen) atoms. The van der Waals surface area contributed by atoms with Crippen molar-refractivity contribution >= 4 is 11.8 Å². The Kier molecular flexibility index (Phi) is 3.60. The summed E-state index contributed by atoms with van der Waals surface area (Å²) in [4.78, 5) is 18.7. The van der Waals surface area contributed by atoms with E-state index in [4.69, 9.17) is 4.74 Å². The van der Waals surface area contributed by atoms with Gasteiger partial charge in [0, 0.05) is 18.0 Å². The number of hydrogen-bond acceptors (Lipinski definition) is 8. The maximum atomic E-state index is 12.5. The topological polar surface area (TPSA) is 117 Å². The van der Waals surface area contributed by atoms with Crippen molar-refractivity contribution in [2.24, 2.45) is 0 Å². The number of carbonyl (C=O) groups is 1. The standard InChI is InChI=1S/C19H15N9O2/c29-19-28-15-3-1-12(13-2-4-18(20-9-13)27-11-22-23-25-27)7-14(15)8-16(28)17(30-19)10-26-6-5-21-24-26/h1-7,9,11,16-17H,8,10H2/t16-,17?/m0/s1. The zero-order valence-corrected chi connectivity index (χ0v) is 15.6. The molecule has 0 spiro atoms. The van der Waals surface area contributed by atoms with E-state index >= 15 is 0 Å². The number of tetrazole rings is 1. The van der Waals surface area contributed by atoms with Gasteiger partial charge in [-0.05, 0) is 52.2 Å². The molecule has 0 aliphatic carbocycles. The number of anilines is 1. The van der Waals surface area contributed by atoms with E-state index in [-0.39, 0.29) is 18.2 Å². The van der Waals surface area contributed by atoms with E-state index in [0.717, 1.165) is 28.8 Å². The summed E-state index contributed by atoms with van der Waals surface area (Å²) in [6.07, 6.45) is 6.81. The molecule has 0 radical (unpaired) electrons. The fourth-order valence-electron chi connectivity index (χ4n) is 4.09. The zero-order chi connectivity index (χ0) is 20.1. The molecule has 0 bridgehead atoms. The van der Waals surface area contributed by atoms with E-state index in [1.165, 1.54) is 11.0 Å². The number of nitrogens with zero attached hydrogens (tertiary/aromatic N) is 9. The first-order chi connectivity index (χ1) is 14.8. The van der Waals surface area contributed by atoms with E-state index in [1.807, 2.05) is 24.3 Å². The lowest BCUT2D eigenvalue weighted by atomic mass is 10.0. The van der Waals surface area contributed by atoms with Crippen LogP contribution in [0.25, 0.3) is 16.9 Å². The van der Waals surface area contributed by atoms with E-state index in [0.29, 0.717) is 12.4 Å². The van der Waals surface area contributed by atoms with Crippen molar-refractivity contribution < 1.29 is 9.53 Å². The number of rotatable bonds is 4. The average molecular weight is 401 g/mol. The first-order valence-corrected chi connectivity index (χ1v) is 9.43. The summed E-state index contributed by atoms with van der Waals surface area (Å²) in [5.41, 5.74) is 4.02. The van der Waals surface area contributed by atoms with Gasteiger partial charge in [0.05, 0.1) is 24.5 Å². The van der Waals surface area contributed by atoms with Crippen molar-refractivity contribution in [1.82, 2.24) is 40.2 Å². The van der Waals surface area contributed by atoms with Crippen LogP contribution in [0.3, 0.4) is 0 Å². The predicted octanol–water partition coefficient (Wildman–Crippen LogP) is 1.27. The first kappa shape index (κ1) is 16.8. The molecule has 6 rings (SSSR count). The van der Waals surface area contributed by atoms with Crippen molar-refractivity contribution in [3.8, 4) is 16.9 Å². The summed E-state index contributed by atoms with van der Waals surface area (Å²) < 4.78 is 8.78. The Morgan fingerprint density at radius 3 is 2.80 bits per heavy atom. The molecule has 0 N–H and O–H groups in total. The van der Waals surface area contributed by atoms with Gasteiger partial charge in [0.25, 0.3) is 0 Å². The van der Waals surface area contributed by atoms with Gasteiger partial charge in [0.15, 0.2) is 5.82 Å². The van der Waals surface area contributed by atoms with Crippen molar-refractivity contribution in [2.75, 3.05) is 4.90 Å². The lowest BCUT2D eigenvalue weighted by molar-refractivity contribution is 0.117. The van der Waals surface area contributed by atoms with Gasteiger partial charge < -0.3 is 4.74 Å². The van der Waals surface area contributed by atoms with Crippen LogP contribution in [0.2, 0.25) is 0 Å². The highest BCUT2D eigenvalue weighted by Crippen LogP contribution is 2.40. The fraction of sp³-hybridized carbons (Fsp3) is 0.211. The summed E-state index contributed by atoms with van der Waals surface area (Å²) in [6.45, 7) is 0.482. The SMILES string of the molecule is O=C1OC(Cn2ccnn2)[C@@H]2Cc3cc(-c4ccc(-n5cnnn5)nc4)ccc3N12. The number of cyclic esters (lactones) is 1. The lowest BCUT2D eigenvalue weighted by Crippen LogP contribution is -2.35. The van der Waals surface area contributed by atoms with E-state index in [9.17, 15) is 4.79 Å². The Hall–Kier alpha value is -4.15. The van der Waals surface area contributed by atoms with Crippen LogP contribution in [0.4, 0.5) is 10.5 Å². The van der Waals surface area contributed by atoms with Gasteiger partial charge in [-0.15, -0.1) is 10.2 Å². The number of benzene rings is 1. The maximum Gasteiger partial charge on any atom is 0.415 e. The first-order valence-electron chi connectivity index (χ1n) is 9.43. The van der Waals surface area contributed by atoms with Gasteiger partial charge in [-0.1, -0.05) is 11.3 Å². The van der Waals surface area contributed by atoms with Crippen molar-refractivity contribution in [2.45, 2.75) is 25.1 Å². The quantitative estimate of drug-likeness (QED) is 0.502. The van der Waals surface area contributed by atoms with Crippen LogP contribution in [0.5, 0.6) is 0 Å². The highest BCUT2D eigenvalue weighted by molar-refractivity contribution is 5.94. The van der Waals surface area contributed by atoms with E-state index < -0.39 is 0 Å². The third kappa shape index (κ3) is 2.63. The van der Waals surface area contributed by atoms with Gasteiger partial charge in [-0.2, -0.15) is 4.68 Å². The fourth-order valence-corrected chi connectivity index (χ4v) is 4.09. The van der Waals surface area contributed by atoms with Crippen molar-refractivity contribution in [1.29, 1.82) is 0 Å². The monoisotopic (exact) mass is 401 g/mol. The molecule has 1 amide bonds. The molecule has 2 aliphatic rings. The molecule has 0 saturated carbocycles. The molecular formula is C19H15N9O2. The Morgan fingerprint density at radius 1 is 1.10 bits per heavy atom. The third-order valence-electron chi connectivity index (χ3n) is 5.48. The minimum Gasteiger partial charge on any atom is -0.442 e. The van der Waals surface area contributed by atoms with Crippen LogP contribution in [0.15, 0.2) is 55.2 Å².